The van der Waals surface area contributed by atoms with E-state index in [0.717, 1.165) is 0 Å². The predicted octanol–water partition coefficient (Wildman–Crippen LogP) is 0.994. The van der Waals surface area contributed by atoms with Gasteiger partial charge in [-0.1, -0.05) is 0 Å². The average molecular weight is 253 g/mol. The molecule has 0 saturated heterocycles. The van der Waals surface area contributed by atoms with Gasteiger partial charge >= 0.3 is 22.4 Å². The molecule has 0 aromatic carbocycles. The molecule has 0 radical (unpaired) electrons. The topological polar surface area (TPSA) is 23.8 Å². The molecule has 0 rings (SSSR count). The van der Waals surface area contributed by atoms with E-state index >= 15 is 0 Å². The Morgan fingerprint density at radius 1 is 1.00 bits per heavy atom. The molecule has 2 heteroatoms. The number of rotatable bonds is 0. The number of hydrogen-bond donors (Lipinski definition) is 0. The van der Waals surface area contributed by atoms with Crippen molar-refractivity contribution < 1.29 is 22.4 Å². The van der Waals surface area contributed by atoms with Gasteiger partial charge in [-0.3, -0.25) is 0 Å². The monoisotopic (exact) mass is 253 g/mol. The minimum atomic E-state index is 0. The maximum absolute atomic E-state index is 6.25. The minimum absolute atomic E-state index is 0. The van der Waals surface area contributed by atoms with Gasteiger partial charge in [0, 0.05) is 0 Å². The first-order valence-corrected chi connectivity index (χ1v) is 0.224. The van der Waals surface area contributed by atoms with E-state index in [9.17, 15) is 0 Å². The molecule has 0 aliphatic heterocycles. The summed E-state index contributed by atoms with van der Waals surface area (Å²) in [6.07, 6.45) is 0. The first-order valence-electron chi connectivity index (χ1n) is 0.224. The summed E-state index contributed by atoms with van der Waals surface area (Å²) in [6.45, 7) is 4.75. The predicted molar refractivity (Wildman–Crippen MR) is 17.8 cm³/mol. The van der Waals surface area contributed by atoms with Gasteiger partial charge in [0.2, 0.25) is 0 Å². The number of nitrogens with zero attached hydrogens (tertiary/aromatic N) is 1. The van der Waals surface area contributed by atoms with Gasteiger partial charge in [-0.05, 0) is 0 Å². The van der Waals surface area contributed by atoms with Crippen molar-refractivity contribution in [3.8, 4) is 0 Å². The third kappa shape index (κ3) is 397. The summed E-state index contributed by atoms with van der Waals surface area (Å²) in [4.78, 5) is 0. The fourth-order valence-electron chi connectivity index (χ4n) is 0. The summed E-state index contributed by atoms with van der Waals surface area (Å²) < 4.78 is 0. The Kier molecular flexibility index (Phi) is 10300. The maximum Gasteiger partial charge on any atom is 3.00 e. The fraction of sp³-hybridized carbons (Fsp3) is 0. The Balaban J connectivity index is -0.00000000167. The van der Waals surface area contributed by atoms with E-state index in [2.05, 4.69) is 0 Å². The van der Waals surface area contributed by atoms with E-state index in [4.69, 9.17) is 11.8 Å². The van der Waals surface area contributed by atoms with Gasteiger partial charge in [0.25, 0.3) is 0 Å². The SMILES string of the molecule is [Au+3].[C-]#N.[CH3-].[CH3-]. The molecule has 0 saturated carbocycles. The van der Waals surface area contributed by atoms with Crippen LogP contribution in [-0.2, 0) is 22.4 Å². The molecule has 0 aliphatic carbocycles. The molecule has 0 spiro atoms. The van der Waals surface area contributed by atoms with Crippen LogP contribution in [0.25, 0.3) is 0 Å². The summed E-state index contributed by atoms with van der Waals surface area (Å²) in [7, 11) is 0. The Morgan fingerprint density at radius 3 is 1.00 bits per heavy atom. The van der Waals surface area contributed by atoms with Crippen LogP contribution in [0.5, 0.6) is 0 Å². The number of hydrogen-bond acceptors (Lipinski definition) is 1. The molecule has 1 nitrogen and oxygen atoms in total. The van der Waals surface area contributed by atoms with Crippen molar-refractivity contribution >= 4 is 0 Å². The molecule has 0 amide bonds. The average Bonchev–Trinajstić information content (AvgIpc) is 1.00. The molecule has 0 heterocycles. The fourth-order valence-corrected chi connectivity index (χ4v) is 0. The van der Waals surface area contributed by atoms with Gasteiger partial charge in [-0.2, -0.15) is 0 Å². The standard InChI is InChI=1S/CN.2CH3.Au/c1-2;;;/h;2*1H3;/q3*-1;+3. The third-order valence-electron chi connectivity index (χ3n) is 0. The molecule has 0 aromatic heterocycles. The van der Waals surface area contributed by atoms with Crippen LogP contribution in [0.3, 0.4) is 0 Å². The van der Waals surface area contributed by atoms with Crippen molar-refractivity contribution in [2.75, 3.05) is 0 Å². The summed E-state index contributed by atoms with van der Waals surface area (Å²) >= 11 is 0. The third-order valence-corrected chi connectivity index (χ3v) is 0. The minimum Gasteiger partial charge on any atom is -0.512 e. The summed E-state index contributed by atoms with van der Waals surface area (Å²) in [5, 5.41) is 6.25. The van der Waals surface area contributed by atoms with Crippen LogP contribution in [0.1, 0.15) is 0 Å². The van der Waals surface area contributed by atoms with Gasteiger partial charge in [-0.25, -0.2) is 0 Å². The van der Waals surface area contributed by atoms with E-state index in [0.29, 0.717) is 0 Å². The van der Waals surface area contributed by atoms with Crippen LogP contribution in [-0.4, -0.2) is 0 Å². The van der Waals surface area contributed by atoms with Gasteiger partial charge in [0.1, 0.15) is 0 Å². The second-order valence-electron chi connectivity index (χ2n) is 0. The summed E-state index contributed by atoms with van der Waals surface area (Å²) in [5.74, 6) is 0. The molecule has 5 heavy (non-hydrogen) atoms. The second kappa shape index (κ2) is 833. The maximum atomic E-state index is 6.25. The first-order chi connectivity index (χ1) is 1.00. The molecule has 0 bridgehead atoms. The first kappa shape index (κ1) is 61.8. The van der Waals surface area contributed by atoms with Crippen molar-refractivity contribution in [1.82, 2.24) is 0 Å². The van der Waals surface area contributed by atoms with Crippen molar-refractivity contribution in [3.05, 3.63) is 21.4 Å². The van der Waals surface area contributed by atoms with E-state index < -0.39 is 0 Å². The van der Waals surface area contributed by atoms with Crippen LogP contribution < -0.4 is 0 Å². The molecule has 0 aromatic rings. The zero-order valence-electron chi connectivity index (χ0n) is 3.25. The van der Waals surface area contributed by atoms with Crippen LogP contribution in [0.4, 0.5) is 0 Å². The Hall–Kier alpha value is 0.230. The van der Waals surface area contributed by atoms with E-state index in [1.807, 2.05) is 0 Å². The van der Waals surface area contributed by atoms with E-state index in [-0.39, 0.29) is 37.2 Å². The van der Waals surface area contributed by atoms with Crippen molar-refractivity contribution in [2.24, 2.45) is 0 Å². The summed E-state index contributed by atoms with van der Waals surface area (Å²) in [5.41, 5.74) is 0. The van der Waals surface area contributed by atoms with Crippen LogP contribution >= 0.6 is 0 Å². The molecule has 0 N–H and O–H groups in total. The molecule has 0 aliphatic rings. The van der Waals surface area contributed by atoms with Gasteiger partial charge in [0.15, 0.2) is 0 Å². The van der Waals surface area contributed by atoms with Crippen LogP contribution in [0, 0.1) is 26.7 Å². The largest absolute Gasteiger partial charge is 3.00 e. The quantitative estimate of drug-likeness (QED) is 0.466. The molecule has 0 unspecified atom stereocenters. The summed E-state index contributed by atoms with van der Waals surface area (Å²) in [6, 6.07) is 0. The second-order valence-corrected chi connectivity index (χ2v) is 0. The smallest absolute Gasteiger partial charge is 0.512 e. The van der Waals surface area contributed by atoms with Crippen LogP contribution in [0.2, 0.25) is 0 Å². The Morgan fingerprint density at radius 2 is 1.00 bits per heavy atom. The Bertz CT molecular complexity index is 11.6. The zero-order chi connectivity index (χ0) is 2.00. The molecule has 0 atom stereocenters. The molecule has 34 valence electrons. The molecular weight excluding hydrogens is 247 g/mol. The molecule has 0 fully saturated rings. The zero-order valence-corrected chi connectivity index (χ0v) is 5.42. The van der Waals surface area contributed by atoms with Gasteiger partial charge in [0.05, 0.1) is 0 Å². The van der Waals surface area contributed by atoms with E-state index in [1.54, 1.807) is 0 Å². The van der Waals surface area contributed by atoms with Crippen LogP contribution in [0.15, 0.2) is 0 Å². The van der Waals surface area contributed by atoms with Crippen molar-refractivity contribution in [3.63, 3.8) is 0 Å². The van der Waals surface area contributed by atoms with Gasteiger partial charge in [-0.15, -0.1) is 0 Å². The Labute approximate surface area is 49.5 Å². The van der Waals surface area contributed by atoms with E-state index in [1.165, 1.54) is 0 Å². The van der Waals surface area contributed by atoms with Crippen molar-refractivity contribution in [2.45, 2.75) is 0 Å². The normalized spacial score (nSPS) is 0.400. The van der Waals surface area contributed by atoms with Gasteiger partial charge < -0.3 is 26.7 Å². The molecular formula is C3H6AuN. The van der Waals surface area contributed by atoms with Crippen molar-refractivity contribution in [1.29, 1.82) is 5.26 Å².